The van der Waals surface area contributed by atoms with Crippen molar-refractivity contribution in [2.75, 3.05) is 25.1 Å². The average Bonchev–Trinajstić information content (AvgIpc) is 3.08. The van der Waals surface area contributed by atoms with Crippen LogP contribution >= 0.6 is 23.2 Å². The number of anilines is 1. The molecule has 7 heteroatoms. The molecule has 0 saturated carbocycles. The maximum Gasteiger partial charge on any atom is 0.256 e. The van der Waals surface area contributed by atoms with Gasteiger partial charge in [-0.25, -0.2) is 0 Å². The monoisotopic (exact) mass is 469 g/mol. The third-order valence-electron chi connectivity index (χ3n) is 4.77. The van der Waals surface area contributed by atoms with Gasteiger partial charge in [-0.1, -0.05) is 35.3 Å². The minimum atomic E-state index is -0.167. The van der Waals surface area contributed by atoms with Crippen LogP contribution in [-0.2, 0) is 4.79 Å². The van der Waals surface area contributed by atoms with Gasteiger partial charge in [0.15, 0.2) is 11.5 Å². The Morgan fingerprint density at radius 1 is 0.844 bits per heavy atom. The molecule has 5 nitrogen and oxygen atoms in total. The van der Waals surface area contributed by atoms with E-state index in [0.29, 0.717) is 52.6 Å². The highest BCUT2D eigenvalue weighted by atomic mass is 35.5. The standard InChI is InChI=1S/C25H21Cl2NO4/c1-2-30-24-14-16(13-21-20-9-6-18(27)15-22(20)28-25(21)29)3-10-23(24)32-12-11-31-19-7-4-17(26)5-8-19/h3-10,13-15H,2,11-12H2,1H3,(H,28,29)/b21-13+. The van der Waals surface area contributed by atoms with Gasteiger partial charge in [0.2, 0.25) is 0 Å². The summed E-state index contributed by atoms with van der Waals surface area (Å²) in [6.07, 6.45) is 1.82. The lowest BCUT2D eigenvalue weighted by atomic mass is 10.0. The van der Waals surface area contributed by atoms with Crippen LogP contribution < -0.4 is 19.5 Å². The number of benzene rings is 3. The summed E-state index contributed by atoms with van der Waals surface area (Å²) in [5.74, 6) is 1.76. The molecule has 1 N–H and O–H groups in total. The second-order valence-corrected chi connectivity index (χ2v) is 7.86. The SMILES string of the molecule is CCOc1cc(/C=C2/C(=O)Nc3cc(Cl)ccc32)ccc1OCCOc1ccc(Cl)cc1. The third-order valence-corrected chi connectivity index (χ3v) is 5.25. The highest BCUT2D eigenvalue weighted by Gasteiger charge is 2.24. The molecule has 0 unspecified atom stereocenters. The first-order valence-electron chi connectivity index (χ1n) is 10.1. The molecule has 0 bridgehead atoms. The number of ether oxygens (including phenoxy) is 3. The van der Waals surface area contributed by atoms with Gasteiger partial charge in [-0.15, -0.1) is 0 Å². The molecule has 0 radical (unpaired) electrons. The number of hydrogen-bond donors (Lipinski definition) is 1. The zero-order chi connectivity index (χ0) is 22.5. The fraction of sp³-hybridized carbons (Fsp3) is 0.160. The summed E-state index contributed by atoms with van der Waals surface area (Å²) in [5.41, 5.74) is 2.92. The van der Waals surface area contributed by atoms with E-state index in [1.54, 1.807) is 24.3 Å². The molecule has 0 atom stereocenters. The minimum Gasteiger partial charge on any atom is -0.490 e. The van der Waals surface area contributed by atoms with E-state index < -0.39 is 0 Å². The van der Waals surface area contributed by atoms with Gasteiger partial charge in [0.1, 0.15) is 19.0 Å². The van der Waals surface area contributed by atoms with Crippen LogP contribution in [0.3, 0.4) is 0 Å². The second-order valence-electron chi connectivity index (χ2n) is 6.99. The van der Waals surface area contributed by atoms with Crippen molar-refractivity contribution in [2.45, 2.75) is 6.92 Å². The predicted molar refractivity (Wildman–Crippen MR) is 128 cm³/mol. The molecule has 0 spiro atoms. The zero-order valence-electron chi connectivity index (χ0n) is 17.4. The van der Waals surface area contributed by atoms with Gasteiger partial charge in [0.05, 0.1) is 12.3 Å². The van der Waals surface area contributed by atoms with Crippen LogP contribution in [-0.4, -0.2) is 25.7 Å². The molecule has 0 fully saturated rings. The molecular weight excluding hydrogens is 449 g/mol. The molecule has 4 rings (SSSR count). The van der Waals surface area contributed by atoms with Crippen molar-refractivity contribution < 1.29 is 19.0 Å². The Hall–Kier alpha value is -3.15. The Bertz CT molecular complexity index is 1160. The molecule has 0 aromatic heterocycles. The fourth-order valence-electron chi connectivity index (χ4n) is 3.32. The molecular formula is C25H21Cl2NO4. The normalized spacial score (nSPS) is 13.6. The van der Waals surface area contributed by atoms with E-state index in [0.717, 1.165) is 16.9 Å². The number of nitrogens with one attached hydrogen (secondary N) is 1. The molecule has 3 aromatic rings. The van der Waals surface area contributed by atoms with E-state index in [-0.39, 0.29) is 5.91 Å². The number of carbonyl (C=O) groups is 1. The lowest BCUT2D eigenvalue weighted by Gasteiger charge is -2.13. The highest BCUT2D eigenvalue weighted by molar-refractivity contribution is 6.36. The van der Waals surface area contributed by atoms with E-state index in [4.69, 9.17) is 37.4 Å². The van der Waals surface area contributed by atoms with Gasteiger partial charge in [-0.2, -0.15) is 0 Å². The van der Waals surface area contributed by atoms with Crippen LogP contribution in [0.1, 0.15) is 18.1 Å². The lowest BCUT2D eigenvalue weighted by molar-refractivity contribution is -0.110. The third kappa shape index (κ3) is 5.18. The summed E-state index contributed by atoms with van der Waals surface area (Å²) >= 11 is 11.9. The average molecular weight is 470 g/mol. The van der Waals surface area contributed by atoms with Crippen LogP contribution in [0.2, 0.25) is 10.0 Å². The summed E-state index contributed by atoms with van der Waals surface area (Å²) < 4.78 is 17.3. The molecule has 3 aromatic carbocycles. The Labute approximate surface area is 196 Å². The van der Waals surface area contributed by atoms with Gasteiger partial charge in [0, 0.05) is 21.2 Å². The van der Waals surface area contributed by atoms with Crippen LogP contribution in [0.25, 0.3) is 11.6 Å². The van der Waals surface area contributed by atoms with Crippen molar-refractivity contribution in [2.24, 2.45) is 0 Å². The van der Waals surface area contributed by atoms with Crippen LogP contribution in [0.4, 0.5) is 5.69 Å². The minimum absolute atomic E-state index is 0.167. The summed E-state index contributed by atoms with van der Waals surface area (Å²) in [4.78, 5) is 12.4. The Morgan fingerprint density at radius 3 is 2.38 bits per heavy atom. The first-order valence-corrected chi connectivity index (χ1v) is 10.9. The molecule has 32 heavy (non-hydrogen) atoms. The van der Waals surface area contributed by atoms with Crippen molar-refractivity contribution in [1.82, 2.24) is 0 Å². The summed E-state index contributed by atoms with van der Waals surface area (Å²) in [5, 5.41) is 4.08. The molecule has 1 aliphatic rings. The number of hydrogen-bond acceptors (Lipinski definition) is 4. The van der Waals surface area contributed by atoms with Crippen molar-refractivity contribution in [3.8, 4) is 17.2 Å². The molecule has 1 heterocycles. The number of rotatable bonds is 8. The molecule has 1 aliphatic heterocycles. The maximum atomic E-state index is 12.4. The molecule has 1 amide bonds. The van der Waals surface area contributed by atoms with E-state index in [1.165, 1.54) is 0 Å². The summed E-state index contributed by atoms with van der Waals surface area (Å²) in [7, 11) is 0. The van der Waals surface area contributed by atoms with Gasteiger partial charge in [-0.05, 0) is 67.1 Å². The molecule has 164 valence electrons. The van der Waals surface area contributed by atoms with Gasteiger partial charge in [0.25, 0.3) is 5.91 Å². The second kappa shape index (κ2) is 9.98. The van der Waals surface area contributed by atoms with Crippen molar-refractivity contribution in [3.05, 3.63) is 81.8 Å². The fourth-order valence-corrected chi connectivity index (χ4v) is 3.62. The molecule has 0 saturated heterocycles. The van der Waals surface area contributed by atoms with Gasteiger partial charge in [-0.3, -0.25) is 4.79 Å². The van der Waals surface area contributed by atoms with Crippen LogP contribution in [0, 0.1) is 0 Å². The topological polar surface area (TPSA) is 56.8 Å². The van der Waals surface area contributed by atoms with E-state index in [2.05, 4.69) is 5.32 Å². The van der Waals surface area contributed by atoms with E-state index in [1.807, 2.05) is 49.4 Å². The smallest absolute Gasteiger partial charge is 0.256 e. The van der Waals surface area contributed by atoms with Crippen LogP contribution in [0.15, 0.2) is 60.7 Å². The Kier molecular flexibility index (Phi) is 6.88. The molecule has 0 aliphatic carbocycles. The quantitative estimate of drug-likeness (QED) is 0.308. The number of fused-ring (bicyclic) bond motifs is 1. The Morgan fingerprint density at radius 2 is 1.59 bits per heavy atom. The Balaban J connectivity index is 1.46. The summed E-state index contributed by atoms with van der Waals surface area (Å²) in [6.45, 7) is 3.11. The zero-order valence-corrected chi connectivity index (χ0v) is 18.9. The van der Waals surface area contributed by atoms with Crippen molar-refractivity contribution in [3.63, 3.8) is 0 Å². The largest absolute Gasteiger partial charge is 0.490 e. The van der Waals surface area contributed by atoms with E-state index in [9.17, 15) is 4.79 Å². The number of carbonyl (C=O) groups excluding carboxylic acids is 1. The van der Waals surface area contributed by atoms with Crippen molar-refractivity contribution >= 4 is 46.4 Å². The highest BCUT2D eigenvalue weighted by Crippen LogP contribution is 2.36. The number of halogens is 2. The number of amides is 1. The maximum absolute atomic E-state index is 12.4. The first kappa shape index (κ1) is 22.1. The van der Waals surface area contributed by atoms with Gasteiger partial charge < -0.3 is 19.5 Å². The lowest BCUT2D eigenvalue weighted by Crippen LogP contribution is -2.10. The van der Waals surface area contributed by atoms with Crippen molar-refractivity contribution in [1.29, 1.82) is 0 Å². The van der Waals surface area contributed by atoms with Gasteiger partial charge >= 0.3 is 0 Å². The first-order chi connectivity index (χ1) is 15.5. The predicted octanol–water partition coefficient (Wildman–Crippen LogP) is 6.34. The summed E-state index contributed by atoms with van der Waals surface area (Å²) in [6, 6.07) is 18.1. The van der Waals surface area contributed by atoms with Crippen LogP contribution in [0.5, 0.6) is 17.2 Å². The van der Waals surface area contributed by atoms with E-state index >= 15 is 0 Å².